The van der Waals surface area contributed by atoms with Gasteiger partial charge in [-0.3, -0.25) is 10.3 Å². The van der Waals surface area contributed by atoms with Crippen LogP contribution in [0.25, 0.3) is 0 Å². The summed E-state index contributed by atoms with van der Waals surface area (Å²) in [6, 6.07) is 1.55. The zero-order valence-corrected chi connectivity index (χ0v) is 12.1. The van der Waals surface area contributed by atoms with E-state index in [0.29, 0.717) is 5.84 Å². The molecule has 0 saturated carbocycles. The van der Waals surface area contributed by atoms with Crippen molar-refractivity contribution in [1.29, 1.82) is 5.41 Å². The van der Waals surface area contributed by atoms with Gasteiger partial charge in [0.05, 0.1) is 5.84 Å². The predicted molar refractivity (Wildman–Crippen MR) is 75.9 cm³/mol. The van der Waals surface area contributed by atoms with Crippen LogP contribution in [0.3, 0.4) is 0 Å². The van der Waals surface area contributed by atoms with Crippen molar-refractivity contribution in [2.75, 3.05) is 26.7 Å². The molecule has 0 aromatic rings. The lowest BCUT2D eigenvalue weighted by Gasteiger charge is -2.30. The fourth-order valence-corrected chi connectivity index (χ4v) is 3.15. The molecule has 18 heavy (non-hydrogen) atoms. The Morgan fingerprint density at radius 3 is 2.61 bits per heavy atom. The van der Waals surface area contributed by atoms with Crippen LogP contribution < -0.4 is 5.73 Å². The van der Waals surface area contributed by atoms with Crippen molar-refractivity contribution < 1.29 is 0 Å². The molecule has 0 amide bonds. The molecule has 2 saturated heterocycles. The van der Waals surface area contributed by atoms with E-state index in [1.807, 2.05) is 0 Å². The zero-order chi connectivity index (χ0) is 13.3. The van der Waals surface area contributed by atoms with E-state index in [-0.39, 0.29) is 5.41 Å². The molecule has 4 heteroatoms. The highest BCUT2D eigenvalue weighted by Gasteiger charge is 2.35. The van der Waals surface area contributed by atoms with Crippen LogP contribution in [0.5, 0.6) is 0 Å². The van der Waals surface area contributed by atoms with Crippen molar-refractivity contribution in [3.8, 4) is 0 Å². The van der Waals surface area contributed by atoms with Gasteiger partial charge in [-0.15, -0.1) is 0 Å². The Labute approximate surface area is 111 Å². The van der Waals surface area contributed by atoms with Gasteiger partial charge in [0, 0.05) is 24.0 Å². The normalized spacial score (nSPS) is 30.4. The lowest BCUT2D eigenvalue weighted by Crippen LogP contribution is -2.39. The van der Waals surface area contributed by atoms with E-state index in [4.69, 9.17) is 11.1 Å². The molecule has 2 rings (SSSR count). The van der Waals surface area contributed by atoms with Gasteiger partial charge in [-0.2, -0.15) is 0 Å². The van der Waals surface area contributed by atoms with Crippen LogP contribution >= 0.6 is 0 Å². The number of likely N-dealkylation sites (tertiary alicyclic amines) is 1. The second kappa shape index (κ2) is 5.17. The summed E-state index contributed by atoms with van der Waals surface area (Å²) in [4.78, 5) is 5.15. The topological polar surface area (TPSA) is 56.4 Å². The number of nitrogens with one attached hydrogen (secondary N) is 1. The zero-order valence-electron chi connectivity index (χ0n) is 12.1. The highest BCUT2D eigenvalue weighted by Crippen LogP contribution is 2.29. The largest absolute Gasteiger partial charge is 0.387 e. The minimum Gasteiger partial charge on any atom is -0.387 e. The molecule has 2 bridgehead atoms. The molecule has 2 atom stereocenters. The predicted octanol–water partition coefficient (Wildman–Crippen LogP) is 1.51. The van der Waals surface area contributed by atoms with Crippen LogP contribution in [-0.4, -0.2) is 54.4 Å². The third kappa shape index (κ3) is 2.86. The number of nitrogens with two attached hydrogens (primary N) is 1. The molecule has 0 spiro atoms. The van der Waals surface area contributed by atoms with Crippen LogP contribution in [-0.2, 0) is 0 Å². The maximum Gasteiger partial charge on any atom is 0.0963 e. The first-order valence-corrected chi connectivity index (χ1v) is 7.19. The minimum atomic E-state index is -0.156. The van der Waals surface area contributed by atoms with E-state index in [1.165, 1.54) is 32.4 Å². The Morgan fingerprint density at radius 1 is 1.28 bits per heavy atom. The maximum atomic E-state index is 7.62. The molecule has 0 aromatic heterocycles. The molecule has 2 heterocycles. The summed E-state index contributed by atoms with van der Waals surface area (Å²) in [5.74, 6) is 0.316. The van der Waals surface area contributed by atoms with E-state index < -0.39 is 0 Å². The molecule has 104 valence electrons. The van der Waals surface area contributed by atoms with Crippen molar-refractivity contribution in [3.05, 3.63) is 0 Å². The minimum absolute atomic E-state index is 0.156. The van der Waals surface area contributed by atoms with Crippen molar-refractivity contribution in [2.24, 2.45) is 11.1 Å². The second-order valence-corrected chi connectivity index (χ2v) is 6.69. The number of fused-ring (bicyclic) bond motifs is 2. The number of hydrogen-bond acceptors (Lipinski definition) is 3. The van der Waals surface area contributed by atoms with E-state index >= 15 is 0 Å². The fourth-order valence-electron chi connectivity index (χ4n) is 3.15. The molecule has 2 aliphatic rings. The highest BCUT2D eigenvalue weighted by atomic mass is 15.3. The molecule has 2 aliphatic heterocycles. The molecule has 0 aliphatic carbocycles. The van der Waals surface area contributed by atoms with Crippen molar-refractivity contribution >= 4 is 5.84 Å². The maximum absolute atomic E-state index is 7.62. The van der Waals surface area contributed by atoms with Crippen LogP contribution in [0, 0.1) is 10.8 Å². The summed E-state index contributed by atoms with van der Waals surface area (Å²) in [5, 5.41) is 7.62. The molecule has 4 nitrogen and oxygen atoms in total. The van der Waals surface area contributed by atoms with E-state index in [1.54, 1.807) is 0 Å². The number of likely N-dealkylation sites (N-methyl/N-ethyl adjacent to an activating group) is 1. The summed E-state index contributed by atoms with van der Waals surface area (Å²) in [7, 11) is 2.28. The molecule has 0 aromatic carbocycles. The lowest BCUT2D eigenvalue weighted by atomic mass is 9.88. The van der Waals surface area contributed by atoms with Gasteiger partial charge < -0.3 is 10.6 Å². The van der Waals surface area contributed by atoms with Gasteiger partial charge in [0.15, 0.2) is 0 Å². The summed E-state index contributed by atoms with van der Waals surface area (Å²) in [5.41, 5.74) is 5.50. The molecular weight excluding hydrogens is 224 g/mol. The van der Waals surface area contributed by atoms with Crippen molar-refractivity contribution in [2.45, 2.75) is 51.6 Å². The quantitative estimate of drug-likeness (QED) is 0.589. The van der Waals surface area contributed by atoms with Crippen LogP contribution in [0.15, 0.2) is 0 Å². The standard InChI is InChI=1S/C14H28N4/c1-14(2,13(15)16)7-9-18-8-6-11-4-5-12(10-18)17(11)3/h11-12H,4-10H2,1-3H3,(H3,15,16). The molecule has 3 N–H and O–H groups in total. The lowest BCUT2D eigenvalue weighted by molar-refractivity contribution is 0.207. The third-order valence-electron chi connectivity index (χ3n) is 5.01. The summed E-state index contributed by atoms with van der Waals surface area (Å²) < 4.78 is 0. The Kier molecular flexibility index (Phi) is 3.97. The summed E-state index contributed by atoms with van der Waals surface area (Å²) >= 11 is 0. The third-order valence-corrected chi connectivity index (χ3v) is 5.01. The van der Waals surface area contributed by atoms with E-state index in [0.717, 1.165) is 25.0 Å². The van der Waals surface area contributed by atoms with Crippen LogP contribution in [0.2, 0.25) is 0 Å². The smallest absolute Gasteiger partial charge is 0.0963 e. The van der Waals surface area contributed by atoms with Gasteiger partial charge in [-0.25, -0.2) is 0 Å². The average molecular weight is 252 g/mol. The number of nitrogens with zero attached hydrogens (tertiary/aromatic N) is 2. The summed E-state index contributed by atoms with van der Waals surface area (Å²) in [6.07, 6.45) is 5.03. The van der Waals surface area contributed by atoms with Gasteiger partial charge in [-0.05, 0) is 45.8 Å². The fraction of sp³-hybridized carbons (Fsp3) is 0.929. The van der Waals surface area contributed by atoms with Crippen molar-refractivity contribution in [1.82, 2.24) is 9.80 Å². The van der Waals surface area contributed by atoms with E-state index in [9.17, 15) is 0 Å². The van der Waals surface area contributed by atoms with Crippen LogP contribution in [0.1, 0.15) is 39.5 Å². The average Bonchev–Trinajstić information content (AvgIpc) is 2.52. The first-order chi connectivity index (χ1) is 8.40. The monoisotopic (exact) mass is 252 g/mol. The molecule has 0 radical (unpaired) electrons. The second-order valence-electron chi connectivity index (χ2n) is 6.69. The van der Waals surface area contributed by atoms with Crippen molar-refractivity contribution in [3.63, 3.8) is 0 Å². The summed E-state index contributed by atoms with van der Waals surface area (Å²) in [6.45, 7) is 7.63. The number of amidine groups is 1. The van der Waals surface area contributed by atoms with Gasteiger partial charge in [0.25, 0.3) is 0 Å². The molecule has 2 fully saturated rings. The number of rotatable bonds is 4. The SMILES string of the molecule is CN1C2CCC1CN(CCC(C)(C)C(=N)N)CC2. The Balaban J connectivity index is 1.86. The Bertz CT molecular complexity index is 313. The van der Waals surface area contributed by atoms with Gasteiger partial charge in [0.2, 0.25) is 0 Å². The highest BCUT2D eigenvalue weighted by molar-refractivity contribution is 5.82. The Hall–Kier alpha value is -0.610. The van der Waals surface area contributed by atoms with Gasteiger partial charge in [0.1, 0.15) is 0 Å². The van der Waals surface area contributed by atoms with Gasteiger partial charge in [-0.1, -0.05) is 13.8 Å². The first-order valence-electron chi connectivity index (χ1n) is 7.19. The van der Waals surface area contributed by atoms with Gasteiger partial charge >= 0.3 is 0 Å². The number of hydrogen-bond donors (Lipinski definition) is 2. The Morgan fingerprint density at radius 2 is 1.94 bits per heavy atom. The first kappa shape index (κ1) is 13.8. The molecule has 2 unspecified atom stereocenters. The molecular formula is C14H28N4. The van der Waals surface area contributed by atoms with Crippen LogP contribution in [0.4, 0.5) is 0 Å². The van der Waals surface area contributed by atoms with E-state index in [2.05, 4.69) is 30.7 Å².